The van der Waals surface area contributed by atoms with Gasteiger partial charge < -0.3 is 9.47 Å². The van der Waals surface area contributed by atoms with Gasteiger partial charge in [0.1, 0.15) is 0 Å². The second kappa shape index (κ2) is 7.74. The molecule has 0 bridgehead atoms. The number of nitrogens with zero attached hydrogens (tertiary/aromatic N) is 1. The van der Waals surface area contributed by atoms with E-state index < -0.39 is 10.0 Å². The Morgan fingerprint density at radius 1 is 1.00 bits per heavy atom. The normalized spacial score (nSPS) is 11.5. The standard InChI is InChI=1S/C15H14Cl2N2O4S/c1-22-14-6-3-10(7-15(14)23-2)9-18-19-24(20,21)11-4-5-12(16)13(17)8-11/h3-9,19H,1-2H3/b18-9+. The SMILES string of the molecule is COc1ccc(/C=N/NS(=O)(=O)c2ccc(Cl)c(Cl)c2)cc1OC. The number of methoxy groups -OCH3 is 2. The summed E-state index contributed by atoms with van der Waals surface area (Å²) < 4.78 is 34.6. The average molecular weight is 389 g/mol. The molecule has 0 amide bonds. The van der Waals surface area contributed by atoms with Crippen molar-refractivity contribution in [3.05, 3.63) is 52.0 Å². The van der Waals surface area contributed by atoms with Crippen molar-refractivity contribution in [1.29, 1.82) is 0 Å². The van der Waals surface area contributed by atoms with E-state index in [9.17, 15) is 8.42 Å². The van der Waals surface area contributed by atoms with E-state index in [1.807, 2.05) is 0 Å². The molecule has 0 atom stereocenters. The van der Waals surface area contributed by atoms with Crippen LogP contribution in [0.25, 0.3) is 0 Å². The minimum Gasteiger partial charge on any atom is -0.493 e. The molecule has 2 rings (SSSR count). The Morgan fingerprint density at radius 3 is 2.33 bits per heavy atom. The van der Waals surface area contributed by atoms with E-state index in [4.69, 9.17) is 32.7 Å². The zero-order valence-electron chi connectivity index (χ0n) is 12.8. The molecule has 0 spiro atoms. The first kappa shape index (κ1) is 18.4. The summed E-state index contributed by atoms with van der Waals surface area (Å²) in [7, 11) is -0.815. The highest BCUT2D eigenvalue weighted by molar-refractivity contribution is 7.89. The highest BCUT2D eigenvalue weighted by Gasteiger charge is 2.14. The van der Waals surface area contributed by atoms with Gasteiger partial charge in [-0.1, -0.05) is 23.2 Å². The van der Waals surface area contributed by atoms with Gasteiger partial charge in [-0.05, 0) is 42.0 Å². The van der Waals surface area contributed by atoms with Gasteiger partial charge in [0.05, 0.1) is 35.4 Å². The Balaban J connectivity index is 2.16. The van der Waals surface area contributed by atoms with Crippen molar-refractivity contribution in [2.45, 2.75) is 4.90 Å². The average Bonchev–Trinajstić information content (AvgIpc) is 2.56. The Bertz CT molecular complexity index is 870. The van der Waals surface area contributed by atoms with Crippen LogP contribution in [0.1, 0.15) is 5.56 Å². The summed E-state index contributed by atoms with van der Waals surface area (Å²) in [6.07, 6.45) is 1.34. The first-order valence-electron chi connectivity index (χ1n) is 6.59. The summed E-state index contributed by atoms with van der Waals surface area (Å²) in [5.41, 5.74) is 0.629. The lowest BCUT2D eigenvalue weighted by Crippen LogP contribution is -2.18. The molecule has 2 aromatic carbocycles. The van der Waals surface area contributed by atoms with Gasteiger partial charge in [-0.15, -0.1) is 0 Å². The number of benzene rings is 2. The number of ether oxygens (including phenoxy) is 2. The van der Waals surface area contributed by atoms with E-state index in [0.29, 0.717) is 17.1 Å². The molecule has 24 heavy (non-hydrogen) atoms. The fourth-order valence-corrected chi connectivity index (χ4v) is 2.98. The number of hydrogen-bond acceptors (Lipinski definition) is 5. The molecule has 0 aromatic heterocycles. The second-order valence-electron chi connectivity index (χ2n) is 4.54. The summed E-state index contributed by atoms with van der Waals surface area (Å²) in [6, 6.07) is 9.04. The predicted octanol–water partition coefficient (Wildman–Crippen LogP) is 3.32. The molecule has 0 aliphatic rings. The summed E-state index contributed by atoms with van der Waals surface area (Å²) >= 11 is 11.6. The van der Waals surface area contributed by atoms with E-state index in [1.54, 1.807) is 18.2 Å². The van der Waals surface area contributed by atoms with Gasteiger partial charge in [-0.3, -0.25) is 0 Å². The number of sulfonamides is 1. The van der Waals surface area contributed by atoms with Gasteiger partial charge >= 0.3 is 0 Å². The molecule has 128 valence electrons. The molecular weight excluding hydrogens is 375 g/mol. The fourth-order valence-electron chi connectivity index (χ4n) is 1.80. The lowest BCUT2D eigenvalue weighted by molar-refractivity contribution is 0.355. The Hall–Kier alpha value is -1.96. The molecule has 0 radical (unpaired) electrons. The van der Waals surface area contributed by atoms with Crippen LogP contribution in [-0.2, 0) is 10.0 Å². The molecule has 0 heterocycles. The van der Waals surface area contributed by atoms with Crippen LogP contribution in [-0.4, -0.2) is 28.9 Å². The van der Waals surface area contributed by atoms with Crippen LogP contribution in [0.5, 0.6) is 11.5 Å². The maximum Gasteiger partial charge on any atom is 0.276 e. The van der Waals surface area contributed by atoms with Gasteiger partial charge in [0.25, 0.3) is 10.0 Å². The number of nitrogens with one attached hydrogen (secondary N) is 1. The lowest BCUT2D eigenvalue weighted by atomic mass is 10.2. The largest absolute Gasteiger partial charge is 0.493 e. The van der Waals surface area contributed by atoms with Crippen molar-refractivity contribution in [2.24, 2.45) is 5.10 Å². The van der Waals surface area contributed by atoms with Gasteiger partial charge in [0.2, 0.25) is 0 Å². The van der Waals surface area contributed by atoms with Crippen molar-refractivity contribution in [2.75, 3.05) is 14.2 Å². The first-order chi connectivity index (χ1) is 11.4. The van der Waals surface area contributed by atoms with Gasteiger partial charge in [0, 0.05) is 0 Å². The van der Waals surface area contributed by atoms with Crippen LogP contribution in [0.2, 0.25) is 10.0 Å². The third-order valence-corrected chi connectivity index (χ3v) is 4.95. The third kappa shape index (κ3) is 4.31. The van der Waals surface area contributed by atoms with Crippen molar-refractivity contribution in [3.8, 4) is 11.5 Å². The highest BCUT2D eigenvalue weighted by Crippen LogP contribution is 2.27. The number of rotatable bonds is 6. The van der Waals surface area contributed by atoms with E-state index in [1.165, 1.54) is 38.6 Å². The Labute approximate surface area is 150 Å². The number of hydrazone groups is 1. The minimum absolute atomic E-state index is 0.0404. The lowest BCUT2D eigenvalue weighted by Gasteiger charge is -2.07. The Kier molecular flexibility index (Phi) is 5.93. The van der Waals surface area contributed by atoms with Crippen molar-refractivity contribution in [3.63, 3.8) is 0 Å². The van der Waals surface area contributed by atoms with E-state index in [-0.39, 0.29) is 14.9 Å². The fraction of sp³-hybridized carbons (Fsp3) is 0.133. The zero-order chi connectivity index (χ0) is 17.7. The molecule has 6 nitrogen and oxygen atoms in total. The van der Waals surface area contributed by atoms with Crippen LogP contribution in [0, 0.1) is 0 Å². The van der Waals surface area contributed by atoms with Crippen LogP contribution < -0.4 is 14.3 Å². The summed E-state index contributed by atoms with van der Waals surface area (Å²) in [5.74, 6) is 1.07. The van der Waals surface area contributed by atoms with Crippen molar-refractivity contribution >= 4 is 39.4 Å². The van der Waals surface area contributed by atoms with Crippen LogP contribution in [0.3, 0.4) is 0 Å². The molecule has 0 aliphatic carbocycles. The van der Waals surface area contributed by atoms with Crippen LogP contribution in [0.15, 0.2) is 46.4 Å². The maximum absolute atomic E-state index is 12.1. The first-order valence-corrected chi connectivity index (χ1v) is 8.83. The van der Waals surface area contributed by atoms with Gasteiger partial charge in [-0.25, -0.2) is 4.83 Å². The quantitative estimate of drug-likeness (QED) is 0.608. The van der Waals surface area contributed by atoms with Crippen LogP contribution in [0.4, 0.5) is 0 Å². The van der Waals surface area contributed by atoms with Crippen molar-refractivity contribution in [1.82, 2.24) is 4.83 Å². The van der Waals surface area contributed by atoms with Gasteiger partial charge in [0.15, 0.2) is 11.5 Å². The molecule has 0 fully saturated rings. The molecule has 0 aliphatic heterocycles. The van der Waals surface area contributed by atoms with Gasteiger partial charge in [-0.2, -0.15) is 13.5 Å². The molecule has 0 saturated carbocycles. The Morgan fingerprint density at radius 2 is 1.71 bits per heavy atom. The zero-order valence-corrected chi connectivity index (χ0v) is 15.1. The van der Waals surface area contributed by atoms with Crippen molar-refractivity contribution < 1.29 is 17.9 Å². The smallest absolute Gasteiger partial charge is 0.276 e. The molecule has 0 saturated heterocycles. The monoisotopic (exact) mass is 388 g/mol. The van der Waals surface area contributed by atoms with E-state index >= 15 is 0 Å². The number of halogens is 2. The molecule has 9 heteroatoms. The topological polar surface area (TPSA) is 77.0 Å². The molecule has 1 N–H and O–H groups in total. The second-order valence-corrected chi connectivity index (χ2v) is 7.02. The van der Waals surface area contributed by atoms with E-state index in [0.717, 1.165) is 0 Å². The number of hydrogen-bond donors (Lipinski definition) is 1. The maximum atomic E-state index is 12.1. The van der Waals surface area contributed by atoms with Crippen LogP contribution >= 0.6 is 23.2 Å². The minimum atomic E-state index is -3.85. The molecule has 0 unspecified atom stereocenters. The molecular formula is C15H14Cl2N2O4S. The molecule has 2 aromatic rings. The summed E-state index contributed by atoms with van der Waals surface area (Å²) in [5, 5.41) is 4.15. The third-order valence-electron chi connectivity index (χ3n) is 3.00. The van der Waals surface area contributed by atoms with E-state index in [2.05, 4.69) is 9.93 Å². The summed E-state index contributed by atoms with van der Waals surface area (Å²) in [6.45, 7) is 0. The predicted molar refractivity (Wildman–Crippen MR) is 93.9 cm³/mol. The summed E-state index contributed by atoms with van der Waals surface area (Å²) in [4.78, 5) is 2.06. The highest BCUT2D eigenvalue weighted by atomic mass is 35.5.